The van der Waals surface area contributed by atoms with Crippen molar-refractivity contribution < 1.29 is 13.9 Å². The van der Waals surface area contributed by atoms with Gasteiger partial charge in [-0.05, 0) is 35.9 Å². The molecule has 0 radical (unpaired) electrons. The van der Waals surface area contributed by atoms with Gasteiger partial charge in [-0.2, -0.15) is 0 Å². The number of carbonyl (C=O) groups excluding carboxylic acids is 1. The molecule has 0 bridgehead atoms. The monoisotopic (exact) mass is 365 g/mol. The Hall–Kier alpha value is -1.88. The quantitative estimate of drug-likeness (QED) is 0.806. The number of amides is 1. The molecule has 0 N–H and O–H groups in total. The van der Waals surface area contributed by atoms with Gasteiger partial charge < -0.3 is 9.64 Å². The molecule has 3 nitrogen and oxygen atoms in total. The van der Waals surface area contributed by atoms with E-state index in [1.165, 1.54) is 11.0 Å². The Kier molecular flexibility index (Phi) is 5.55. The third-order valence-corrected chi connectivity index (χ3v) is 3.85. The van der Waals surface area contributed by atoms with Gasteiger partial charge in [0.05, 0.1) is 13.5 Å². The number of likely N-dealkylation sites (N-methyl/N-ethyl adjacent to an activating group) is 1. The molecule has 22 heavy (non-hydrogen) atoms. The highest BCUT2D eigenvalue weighted by atomic mass is 79.9. The van der Waals surface area contributed by atoms with Gasteiger partial charge in [0.25, 0.3) is 0 Å². The van der Waals surface area contributed by atoms with Gasteiger partial charge in [-0.1, -0.05) is 28.1 Å². The topological polar surface area (TPSA) is 29.5 Å². The second-order valence-electron chi connectivity index (χ2n) is 5.01. The average Bonchev–Trinajstić information content (AvgIpc) is 2.51. The summed E-state index contributed by atoms with van der Waals surface area (Å²) in [7, 11) is 3.27. The van der Waals surface area contributed by atoms with E-state index in [4.69, 9.17) is 4.74 Å². The molecule has 0 aliphatic rings. The van der Waals surface area contributed by atoms with E-state index in [0.29, 0.717) is 5.56 Å². The minimum absolute atomic E-state index is 0.0652. The van der Waals surface area contributed by atoms with Crippen LogP contribution in [0.25, 0.3) is 0 Å². The number of ether oxygens (including phenoxy) is 1. The molecule has 0 aliphatic heterocycles. The molecule has 1 amide bonds. The molecule has 0 saturated heterocycles. The molecule has 0 atom stereocenters. The maximum Gasteiger partial charge on any atom is 0.227 e. The molecule has 5 heteroatoms. The van der Waals surface area contributed by atoms with Gasteiger partial charge in [0.2, 0.25) is 5.91 Å². The molecule has 0 heterocycles. The van der Waals surface area contributed by atoms with Crippen molar-refractivity contribution in [2.75, 3.05) is 14.2 Å². The van der Waals surface area contributed by atoms with E-state index in [2.05, 4.69) is 15.9 Å². The fourth-order valence-electron chi connectivity index (χ4n) is 2.06. The van der Waals surface area contributed by atoms with Crippen molar-refractivity contribution in [3.8, 4) is 5.75 Å². The van der Waals surface area contributed by atoms with Gasteiger partial charge in [-0.3, -0.25) is 4.79 Å². The zero-order valence-corrected chi connectivity index (χ0v) is 14.1. The van der Waals surface area contributed by atoms with Crippen LogP contribution in [0.2, 0.25) is 0 Å². The van der Waals surface area contributed by atoms with Gasteiger partial charge in [-0.25, -0.2) is 4.39 Å². The van der Waals surface area contributed by atoms with Crippen molar-refractivity contribution in [1.82, 2.24) is 4.90 Å². The van der Waals surface area contributed by atoms with Crippen molar-refractivity contribution in [3.05, 3.63) is 63.9 Å². The lowest BCUT2D eigenvalue weighted by Crippen LogP contribution is -2.28. The Bertz CT molecular complexity index is 658. The van der Waals surface area contributed by atoms with E-state index in [-0.39, 0.29) is 24.7 Å². The van der Waals surface area contributed by atoms with Crippen LogP contribution in [0.5, 0.6) is 5.75 Å². The first kappa shape index (κ1) is 16.5. The van der Waals surface area contributed by atoms with Gasteiger partial charge >= 0.3 is 0 Å². The number of nitrogens with zero attached hydrogens (tertiary/aromatic N) is 1. The maximum absolute atomic E-state index is 13.7. The Balaban J connectivity index is 2.00. The van der Waals surface area contributed by atoms with Crippen LogP contribution >= 0.6 is 15.9 Å². The number of hydrogen-bond donors (Lipinski definition) is 0. The Morgan fingerprint density at radius 1 is 1.23 bits per heavy atom. The summed E-state index contributed by atoms with van der Waals surface area (Å²) in [5.41, 5.74) is 1.38. The van der Waals surface area contributed by atoms with Crippen LogP contribution in [-0.2, 0) is 17.8 Å². The molecule has 0 spiro atoms. The largest absolute Gasteiger partial charge is 0.497 e. The Morgan fingerprint density at radius 2 is 1.91 bits per heavy atom. The first-order valence-electron chi connectivity index (χ1n) is 6.80. The van der Waals surface area contributed by atoms with Gasteiger partial charge in [0.15, 0.2) is 0 Å². The van der Waals surface area contributed by atoms with Crippen LogP contribution in [0, 0.1) is 5.82 Å². The first-order chi connectivity index (χ1) is 10.5. The van der Waals surface area contributed by atoms with Crippen LogP contribution in [0.1, 0.15) is 11.1 Å². The van der Waals surface area contributed by atoms with Crippen LogP contribution in [0.15, 0.2) is 46.9 Å². The summed E-state index contributed by atoms with van der Waals surface area (Å²) >= 11 is 3.31. The van der Waals surface area contributed by atoms with E-state index in [1.807, 2.05) is 24.3 Å². The Labute approximate surface area is 137 Å². The molecule has 0 unspecified atom stereocenters. The van der Waals surface area contributed by atoms with Crippen molar-refractivity contribution in [2.45, 2.75) is 13.0 Å². The van der Waals surface area contributed by atoms with Crippen LogP contribution in [0.4, 0.5) is 4.39 Å². The molecule has 2 aromatic carbocycles. The molecule has 116 valence electrons. The van der Waals surface area contributed by atoms with E-state index in [9.17, 15) is 9.18 Å². The van der Waals surface area contributed by atoms with Gasteiger partial charge in [-0.15, -0.1) is 0 Å². The summed E-state index contributed by atoms with van der Waals surface area (Å²) in [5.74, 6) is 0.373. The second-order valence-corrected chi connectivity index (χ2v) is 5.93. The predicted octanol–water partition coefficient (Wildman–Crippen LogP) is 3.80. The molecular weight excluding hydrogens is 349 g/mol. The zero-order valence-electron chi connectivity index (χ0n) is 12.5. The first-order valence-corrected chi connectivity index (χ1v) is 7.59. The SMILES string of the molecule is COc1ccc(CC(=O)N(C)Cc2cc(Br)ccc2F)cc1. The summed E-state index contributed by atoms with van der Waals surface area (Å²) in [6.45, 7) is 0.236. The summed E-state index contributed by atoms with van der Waals surface area (Å²) in [6.07, 6.45) is 0.274. The highest BCUT2D eigenvalue weighted by Gasteiger charge is 2.13. The van der Waals surface area contributed by atoms with E-state index < -0.39 is 0 Å². The minimum atomic E-state index is -0.313. The standard InChI is InChI=1S/C17H17BrFNO2/c1-20(11-13-10-14(18)5-8-16(13)19)17(21)9-12-3-6-15(22-2)7-4-12/h3-8,10H,9,11H2,1-2H3. The van der Waals surface area contributed by atoms with E-state index >= 15 is 0 Å². The van der Waals surface area contributed by atoms with E-state index in [0.717, 1.165) is 15.8 Å². The lowest BCUT2D eigenvalue weighted by Gasteiger charge is -2.18. The zero-order chi connectivity index (χ0) is 16.1. The van der Waals surface area contributed by atoms with Crippen molar-refractivity contribution in [2.24, 2.45) is 0 Å². The fourth-order valence-corrected chi connectivity index (χ4v) is 2.47. The van der Waals surface area contributed by atoms with Gasteiger partial charge in [0.1, 0.15) is 11.6 Å². The molecule has 0 aromatic heterocycles. The van der Waals surface area contributed by atoms with Crippen LogP contribution in [-0.4, -0.2) is 25.0 Å². The fraction of sp³-hybridized carbons (Fsp3) is 0.235. The normalized spacial score (nSPS) is 10.4. The third kappa shape index (κ3) is 4.31. The number of rotatable bonds is 5. The highest BCUT2D eigenvalue weighted by Crippen LogP contribution is 2.17. The van der Waals surface area contributed by atoms with Crippen molar-refractivity contribution >= 4 is 21.8 Å². The number of halogens is 2. The third-order valence-electron chi connectivity index (χ3n) is 3.36. The van der Waals surface area contributed by atoms with Crippen LogP contribution < -0.4 is 4.74 Å². The molecule has 2 aromatic rings. The molecular formula is C17H17BrFNO2. The van der Waals surface area contributed by atoms with Crippen LogP contribution in [0.3, 0.4) is 0 Å². The lowest BCUT2D eigenvalue weighted by molar-refractivity contribution is -0.129. The molecule has 0 saturated carbocycles. The molecule has 0 aliphatic carbocycles. The summed E-state index contributed by atoms with van der Waals surface area (Å²) < 4.78 is 19.6. The highest BCUT2D eigenvalue weighted by molar-refractivity contribution is 9.10. The summed E-state index contributed by atoms with van der Waals surface area (Å²) in [4.78, 5) is 13.8. The lowest BCUT2D eigenvalue weighted by atomic mass is 10.1. The minimum Gasteiger partial charge on any atom is -0.497 e. The number of hydrogen-bond acceptors (Lipinski definition) is 2. The van der Waals surface area contributed by atoms with Crippen molar-refractivity contribution in [3.63, 3.8) is 0 Å². The predicted molar refractivity (Wildman–Crippen MR) is 87.3 cm³/mol. The maximum atomic E-state index is 13.7. The number of benzene rings is 2. The summed E-state index contributed by atoms with van der Waals surface area (Å²) in [6, 6.07) is 12.0. The number of carbonyl (C=O) groups is 1. The van der Waals surface area contributed by atoms with Gasteiger partial charge in [0, 0.05) is 23.6 Å². The van der Waals surface area contributed by atoms with Crippen molar-refractivity contribution in [1.29, 1.82) is 0 Å². The molecule has 0 fully saturated rings. The molecule has 2 rings (SSSR count). The Morgan fingerprint density at radius 3 is 2.55 bits per heavy atom. The number of methoxy groups -OCH3 is 1. The second kappa shape index (κ2) is 7.40. The summed E-state index contributed by atoms with van der Waals surface area (Å²) in [5, 5.41) is 0. The smallest absolute Gasteiger partial charge is 0.227 e. The average molecular weight is 366 g/mol. The van der Waals surface area contributed by atoms with E-state index in [1.54, 1.807) is 26.3 Å².